The van der Waals surface area contributed by atoms with Gasteiger partial charge in [0.1, 0.15) is 5.75 Å². The van der Waals surface area contributed by atoms with E-state index in [0.29, 0.717) is 0 Å². The molecule has 2 aromatic carbocycles. The average Bonchev–Trinajstić information content (AvgIpc) is 2.67. The Bertz CT molecular complexity index is 772. The van der Waals surface area contributed by atoms with Crippen LogP contribution in [0.3, 0.4) is 0 Å². The van der Waals surface area contributed by atoms with Crippen LogP contribution in [0.1, 0.15) is 24.0 Å². The van der Waals surface area contributed by atoms with Gasteiger partial charge >= 0.3 is 0 Å². The second kappa shape index (κ2) is 7.83. The quantitative estimate of drug-likeness (QED) is 0.785. The first-order chi connectivity index (χ1) is 12.2. The van der Waals surface area contributed by atoms with Gasteiger partial charge in [-0.2, -0.15) is 0 Å². The second-order valence-corrected chi connectivity index (χ2v) is 5.98. The van der Waals surface area contributed by atoms with Crippen molar-refractivity contribution in [3.8, 4) is 5.75 Å². The fraction of sp³-hybridized carbons (Fsp3) is 0.300. The van der Waals surface area contributed by atoms with Crippen molar-refractivity contribution in [3.63, 3.8) is 0 Å². The van der Waals surface area contributed by atoms with E-state index in [9.17, 15) is 4.79 Å². The van der Waals surface area contributed by atoms with E-state index in [-0.39, 0.29) is 12.5 Å². The van der Waals surface area contributed by atoms with Gasteiger partial charge in [0.2, 0.25) is 0 Å². The molecular weight excluding hydrogens is 316 g/mol. The Labute approximate surface area is 147 Å². The molecule has 0 saturated heterocycles. The van der Waals surface area contributed by atoms with Crippen LogP contribution in [0.4, 0.5) is 5.69 Å². The number of anilines is 1. The van der Waals surface area contributed by atoms with Crippen LogP contribution in [0, 0.1) is 0 Å². The summed E-state index contributed by atoms with van der Waals surface area (Å²) in [6.45, 7) is -0.0830. The van der Waals surface area contributed by atoms with Crippen LogP contribution in [-0.4, -0.2) is 32.4 Å². The lowest BCUT2D eigenvalue weighted by molar-refractivity contribution is -0.122. The molecule has 1 amide bonds. The third-order valence-electron chi connectivity index (χ3n) is 4.36. The molecule has 25 heavy (non-hydrogen) atoms. The number of likely N-dealkylation sites (N-methyl/N-ethyl adjacent to an activating group) is 1. The summed E-state index contributed by atoms with van der Waals surface area (Å²) in [6, 6.07) is 15.4. The Morgan fingerprint density at radius 2 is 1.96 bits per heavy atom. The summed E-state index contributed by atoms with van der Waals surface area (Å²) in [5.74, 6) is 0.710. The van der Waals surface area contributed by atoms with E-state index in [2.05, 4.69) is 5.16 Å². The van der Waals surface area contributed by atoms with Crippen LogP contribution < -0.4 is 9.64 Å². The Balaban J connectivity index is 1.64. The summed E-state index contributed by atoms with van der Waals surface area (Å²) in [7, 11) is 3.40. The number of methoxy groups -OCH3 is 1. The molecule has 5 nitrogen and oxygen atoms in total. The summed E-state index contributed by atoms with van der Waals surface area (Å²) in [5, 5.41) is 4.22. The van der Waals surface area contributed by atoms with Gasteiger partial charge in [0.25, 0.3) is 5.91 Å². The lowest BCUT2D eigenvalue weighted by atomic mass is 9.90. The minimum atomic E-state index is -0.138. The molecule has 130 valence electrons. The number of aryl methyl sites for hydroxylation is 1. The van der Waals surface area contributed by atoms with Crippen molar-refractivity contribution in [1.82, 2.24) is 0 Å². The molecule has 0 aromatic heterocycles. The van der Waals surface area contributed by atoms with E-state index in [4.69, 9.17) is 9.57 Å². The smallest absolute Gasteiger partial charge is 0.267 e. The zero-order valence-electron chi connectivity index (χ0n) is 14.6. The first kappa shape index (κ1) is 17.0. The number of rotatable bonds is 5. The number of oxime groups is 1. The fourth-order valence-electron chi connectivity index (χ4n) is 2.92. The molecule has 0 unspecified atom stereocenters. The van der Waals surface area contributed by atoms with Crippen LogP contribution in [0.2, 0.25) is 0 Å². The Morgan fingerprint density at radius 3 is 2.72 bits per heavy atom. The van der Waals surface area contributed by atoms with Gasteiger partial charge in [-0.3, -0.25) is 4.79 Å². The highest BCUT2D eigenvalue weighted by Crippen LogP contribution is 2.26. The van der Waals surface area contributed by atoms with Crippen molar-refractivity contribution in [1.29, 1.82) is 0 Å². The zero-order chi connectivity index (χ0) is 17.6. The monoisotopic (exact) mass is 338 g/mol. The lowest BCUT2D eigenvalue weighted by Gasteiger charge is -2.19. The van der Waals surface area contributed by atoms with E-state index >= 15 is 0 Å². The average molecular weight is 338 g/mol. The molecule has 3 rings (SSSR count). The number of para-hydroxylation sites is 1. The van der Waals surface area contributed by atoms with Crippen molar-refractivity contribution >= 4 is 17.3 Å². The number of hydrogen-bond donors (Lipinski definition) is 0. The minimum Gasteiger partial charge on any atom is -0.497 e. The van der Waals surface area contributed by atoms with E-state index in [1.165, 1.54) is 5.56 Å². The summed E-state index contributed by atoms with van der Waals surface area (Å²) >= 11 is 0. The van der Waals surface area contributed by atoms with Crippen LogP contribution in [0.25, 0.3) is 0 Å². The van der Waals surface area contributed by atoms with Gasteiger partial charge in [-0.15, -0.1) is 0 Å². The van der Waals surface area contributed by atoms with Gasteiger partial charge in [-0.1, -0.05) is 23.4 Å². The lowest BCUT2D eigenvalue weighted by Crippen LogP contribution is -2.29. The fourth-order valence-corrected chi connectivity index (χ4v) is 2.92. The van der Waals surface area contributed by atoms with Gasteiger partial charge in [0.15, 0.2) is 6.61 Å². The number of carbonyl (C=O) groups excluding carboxylic acids is 1. The van der Waals surface area contributed by atoms with Crippen LogP contribution >= 0.6 is 0 Å². The van der Waals surface area contributed by atoms with Gasteiger partial charge in [0, 0.05) is 18.3 Å². The Hall–Kier alpha value is -2.82. The second-order valence-electron chi connectivity index (χ2n) is 5.98. The Kier molecular flexibility index (Phi) is 5.33. The molecule has 0 spiro atoms. The van der Waals surface area contributed by atoms with Gasteiger partial charge in [-0.05, 0) is 55.2 Å². The van der Waals surface area contributed by atoms with Crippen molar-refractivity contribution < 1.29 is 14.4 Å². The summed E-state index contributed by atoms with van der Waals surface area (Å²) in [4.78, 5) is 19.2. The van der Waals surface area contributed by atoms with E-state index in [1.54, 1.807) is 19.1 Å². The molecule has 1 aliphatic carbocycles. The van der Waals surface area contributed by atoms with Gasteiger partial charge < -0.3 is 14.5 Å². The molecule has 0 bridgehead atoms. The maximum atomic E-state index is 12.2. The van der Waals surface area contributed by atoms with Crippen molar-refractivity contribution in [3.05, 3.63) is 59.7 Å². The highest BCUT2D eigenvalue weighted by Gasteiger charge is 2.17. The molecule has 0 atom stereocenters. The minimum absolute atomic E-state index is 0.0830. The molecule has 0 aliphatic heterocycles. The molecule has 5 heteroatoms. The highest BCUT2D eigenvalue weighted by atomic mass is 16.6. The molecule has 0 N–H and O–H groups in total. The Morgan fingerprint density at radius 1 is 1.16 bits per heavy atom. The number of amides is 1. The maximum Gasteiger partial charge on any atom is 0.267 e. The van der Waals surface area contributed by atoms with E-state index < -0.39 is 0 Å². The predicted octanol–water partition coefficient (Wildman–Crippen LogP) is 3.42. The van der Waals surface area contributed by atoms with Gasteiger partial charge in [0.05, 0.1) is 12.8 Å². The topological polar surface area (TPSA) is 51.1 Å². The summed E-state index contributed by atoms with van der Waals surface area (Å²) in [6.07, 6.45) is 2.86. The predicted molar refractivity (Wildman–Crippen MR) is 98.3 cm³/mol. The SMILES string of the molecule is COc1ccc2c(c1)CCCC2=NOCC(=O)N(C)c1ccccc1. The molecular formula is C20H22N2O3. The first-order valence-corrected chi connectivity index (χ1v) is 8.37. The third-order valence-corrected chi connectivity index (χ3v) is 4.36. The van der Waals surface area contributed by atoms with Crippen LogP contribution in [0.15, 0.2) is 53.7 Å². The number of benzene rings is 2. The summed E-state index contributed by atoms with van der Waals surface area (Å²) in [5.41, 5.74) is 4.01. The van der Waals surface area contributed by atoms with Crippen molar-refractivity contribution in [2.24, 2.45) is 5.16 Å². The van der Waals surface area contributed by atoms with Crippen molar-refractivity contribution in [2.75, 3.05) is 25.7 Å². The van der Waals surface area contributed by atoms with Crippen molar-refractivity contribution in [2.45, 2.75) is 19.3 Å². The number of nitrogens with zero attached hydrogens (tertiary/aromatic N) is 2. The number of ether oxygens (including phenoxy) is 1. The standard InChI is InChI=1S/C20H22N2O3/c1-22(16-8-4-3-5-9-16)20(23)14-25-21-19-10-6-7-15-13-17(24-2)11-12-18(15)19/h3-5,8-9,11-13H,6-7,10,14H2,1-2H3. The first-order valence-electron chi connectivity index (χ1n) is 8.37. The summed E-state index contributed by atoms with van der Waals surface area (Å²) < 4.78 is 5.28. The number of fused-ring (bicyclic) bond motifs is 1. The maximum absolute atomic E-state index is 12.2. The molecule has 0 heterocycles. The number of hydrogen-bond acceptors (Lipinski definition) is 4. The molecule has 2 aromatic rings. The largest absolute Gasteiger partial charge is 0.497 e. The van der Waals surface area contributed by atoms with Crippen LogP contribution in [0.5, 0.6) is 5.75 Å². The molecule has 0 radical (unpaired) electrons. The molecule has 0 saturated carbocycles. The van der Waals surface area contributed by atoms with Gasteiger partial charge in [-0.25, -0.2) is 0 Å². The highest BCUT2D eigenvalue weighted by molar-refractivity contribution is 6.02. The number of carbonyl (C=O) groups is 1. The third kappa shape index (κ3) is 3.99. The van der Waals surface area contributed by atoms with Crippen LogP contribution in [-0.2, 0) is 16.1 Å². The normalized spacial score (nSPS) is 14.7. The van der Waals surface area contributed by atoms with E-state index in [0.717, 1.165) is 42.0 Å². The van der Waals surface area contributed by atoms with E-state index in [1.807, 2.05) is 48.5 Å². The zero-order valence-corrected chi connectivity index (χ0v) is 14.6. The molecule has 1 aliphatic rings. The molecule has 0 fully saturated rings.